The number of rotatable bonds is 4. The highest BCUT2D eigenvalue weighted by Gasteiger charge is 2.21. The molecule has 0 saturated heterocycles. The van der Waals surface area contributed by atoms with Gasteiger partial charge in [-0.1, -0.05) is 17.3 Å². The molecule has 1 saturated carbocycles. The van der Waals surface area contributed by atoms with Crippen LogP contribution >= 0.6 is 0 Å². The number of anilines is 1. The number of hydrogen-bond donors (Lipinski definition) is 1. The molecule has 0 atom stereocenters. The van der Waals surface area contributed by atoms with E-state index in [1.165, 1.54) is 12.8 Å². The maximum absolute atomic E-state index is 5.21. The van der Waals surface area contributed by atoms with E-state index >= 15 is 0 Å². The third kappa shape index (κ3) is 2.30. The number of benzene rings is 1. The summed E-state index contributed by atoms with van der Waals surface area (Å²) in [5.74, 6) is 2.09. The van der Waals surface area contributed by atoms with Crippen molar-refractivity contribution < 1.29 is 4.52 Å². The maximum atomic E-state index is 5.21. The van der Waals surface area contributed by atoms with Gasteiger partial charge < -0.3 is 9.84 Å². The van der Waals surface area contributed by atoms with Crippen LogP contribution in [-0.4, -0.2) is 16.7 Å². The van der Waals surface area contributed by atoms with E-state index in [0.717, 1.165) is 23.7 Å². The van der Waals surface area contributed by atoms with Crippen molar-refractivity contribution in [1.29, 1.82) is 0 Å². The molecular weight excluding hydrogens is 214 g/mol. The molecule has 0 aliphatic heterocycles. The first-order valence-electron chi connectivity index (χ1n) is 5.96. The lowest BCUT2D eigenvalue weighted by atomic mass is 10.1. The lowest BCUT2D eigenvalue weighted by molar-refractivity contribution is 0.426. The van der Waals surface area contributed by atoms with Crippen molar-refractivity contribution in [3.8, 4) is 11.5 Å². The van der Waals surface area contributed by atoms with Gasteiger partial charge in [-0.15, -0.1) is 0 Å². The normalized spacial score (nSPS) is 14.9. The van der Waals surface area contributed by atoms with Gasteiger partial charge in [-0.3, -0.25) is 0 Å². The number of nitrogens with zero attached hydrogens (tertiary/aromatic N) is 2. The SMILES string of the molecule is Cc1noc(-c2ccccc2NCC2CC2)n1. The summed E-state index contributed by atoms with van der Waals surface area (Å²) in [6, 6.07) is 8.05. The molecule has 1 aliphatic rings. The molecule has 1 fully saturated rings. The average Bonchev–Trinajstić information content (AvgIpc) is 3.08. The van der Waals surface area contributed by atoms with Crippen molar-refractivity contribution in [2.24, 2.45) is 5.92 Å². The zero-order chi connectivity index (χ0) is 11.7. The van der Waals surface area contributed by atoms with E-state index in [9.17, 15) is 0 Å². The van der Waals surface area contributed by atoms with Crippen molar-refractivity contribution in [2.75, 3.05) is 11.9 Å². The van der Waals surface area contributed by atoms with E-state index in [4.69, 9.17) is 4.52 Å². The molecule has 1 N–H and O–H groups in total. The fourth-order valence-electron chi connectivity index (χ4n) is 1.81. The van der Waals surface area contributed by atoms with Gasteiger partial charge in [-0.25, -0.2) is 0 Å². The Morgan fingerprint density at radius 2 is 2.18 bits per heavy atom. The Balaban J connectivity index is 1.86. The summed E-state index contributed by atoms with van der Waals surface area (Å²) in [5.41, 5.74) is 2.05. The van der Waals surface area contributed by atoms with Crippen LogP contribution in [-0.2, 0) is 0 Å². The van der Waals surface area contributed by atoms with Gasteiger partial charge in [0.25, 0.3) is 5.89 Å². The largest absolute Gasteiger partial charge is 0.384 e. The summed E-state index contributed by atoms with van der Waals surface area (Å²) in [6.07, 6.45) is 2.68. The summed E-state index contributed by atoms with van der Waals surface area (Å²) in [6.45, 7) is 2.86. The summed E-state index contributed by atoms with van der Waals surface area (Å²) in [4.78, 5) is 4.27. The van der Waals surface area contributed by atoms with Gasteiger partial charge >= 0.3 is 0 Å². The van der Waals surface area contributed by atoms with Gasteiger partial charge in [0, 0.05) is 12.2 Å². The minimum atomic E-state index is 0.585. The molecule has 2 aromatic rings. The van der Waals surface area contributed by atoms with Gasteiger partial charge in [0.2, 0.25) is 0 Å². The quantitative estimate of drug-likeness (QED) is 0.875. The van der Waals surface area contributed by atoms with Gasteiger partial charge in [0.15, 0.2) is 5.82 Å². The standard InChI is InChI=1S/C13H15N3O/c1-9-15-13(17-16-9)11-4-2-3-5-12(11)14-8-10-6-7-10/h2-5,10,14H,6-8H2,1H3. The van der Waals surface area contributed by atoms with Crippen molar-refractivity contribution >= 4 is 5.69 Å². The topological polar surface area (TPSA) is 51.0 Å². The zero-order valence-corrected chi connectivity index (χ0v) is 9.81. The minimum Gasteiger partial charge on any atom is -0.384 e. The highest BCUT2D eigenvalue weighted by atomic mass is 16.5. The number of hydrogen-bond acceptors (Lipinski definition) is 4. The molecule has 3 rings (SSSR count). The number of aryl methyl sites for hydroxylation is 1. The van der Waals surface area contributed by atoms with E-state index in [2.05, 4.69) is 21.5 Å². The molecule has 0 bridgehead atoms. The molecule has 0 amide bonds. The molecule has 0 unspecified atom stereocenters. The second-order valence-corrected chi connectivity index (χ2v) is 4.52. The molecule has 0 radical (unpaired) electrons. The highest BCUT2D eigenvalue weighted by Crippen LogP contribution is 2.31. The van der Waals surface area contributed by atoms with Crippen molar-refractivity contribution in [2.45, 2.75) is 19.8 Å². The molecule has 1 aliphatic carbocycles. The Kier molecular flexibility index (Phi) is 2.55. The van der Waals surface area contributed by atoms with E-state index in [1.807, 2.05) is 25.1 Å². The first-order valence-corrected chi connectivity index (χ1v) is 5.96. The molecule has 4 heteroatoms. The first-order chi connectivity index (χ1) is 8.33. The van der Waals surface area contributed by atoms with E-state index < -0.39 is 0 Å². The number of aromatic nitrogens is 2. The van der Waals surface area contributed by atoms with E-state index in [1.54, 1.807) is 0 Å². The van der Waals surface area contributed by atoms with E-state index in [0.29, 0.717) is 11.7 Å². The molecule has 1 heterocycles. The zero-order valence-electron chi connectivity index (χ0n) is 9.81. The Bertz CT molecular complexity index is 517. The molecular formula is C13H15N3O. The number of para-hydroxylation sites is 1. The molecule has 1 aromatic carbocycles. The van der Waals surface area contributed by atoms with Gasteiger partial charge in [0.05, 0.1) is 5.56 Å². The smallest absolute Gasteiger partial charge is 0.260 e. The van der Waals surface area contributed by atoms with Crippen LogP contribution in [0.25, 0.3) is 11.5 Å². The van der Waals surface area contributed by atoms with Crippen molar-refractivity contribution in [1.82, 2.24) is 10.1 Å². The minimum absolute atomic E-state index is 0.585. The first kappa shape index (κ1) is 10.3. The predicted octanol–water partition coefficient (Wildman–Crippen LogP) is 2.87. The van der Waals surface area contributed by atoms with Crippen LogP contribution in [0.4, 0.5) is 5.69 Å². The van der Waals surface area contributed by atoms with E-state index in [-0.39, 0.29) is 0 Å². The molecule has 4 nitrogen and oxygen atoms in total. The summed E-state index contributed by atoms with van der Waals surface area (Å²) in [5, 5.41) is 7.28. The van der Waals surface area contributed by atoms with Crippen LogP contribution in [0.1, 0.15) is 18.7 Å². The van der Waals surface area contributed by atoms with Crippen LogP contribution in [0, 0.1) is 12.8 Å². The second kappa shape index (κ2) is 4.20. The van der Waals surface area contributed by atoms with Crippen LogP contribution in [0.2, 0.25) is 0 Å². The third-order valence-electron chi connectivity index (χ3n) is 2.96. The molecule has 88 valence electrons. The summed E-state index contributed by atoms with van der Waals surface area (Å²) >= 11 is 0. The van der Waals surface area contributed by atoms with Crippen LogP contribution in [0.15, 0.2) is 28.8 Å². The summed E-state index contributed by atoms with van der Waals surface area (Å²) < 4.78 is 5.21. The number of nitrogens with one attached hydrogen (secondary N) is 1. The van der Waals surface area contributed by atoms with Crippen LogP contribution in [0.3, 0.4) is 0 Å². The summed E-state index contributed by atoms with van der Waals surface area (Å²) in [7, 11) is 0. The second-order valence-electron chi connectivity index (χ2n) is 4.52. The van der Waals surface area contributed by atoms with Gasteiger partial charge in [-0.05, 0) is 37.8 Å². The monoisotopic (exact) mass is 229 g/mol. The third-order valence-corrected chi connectivity index (χ3v) is 2.96. The van der Waals surface area contributed by atoms with Crippen molar-refractivity contribution in [3.63, 3.8) is 0 Å². The molecule has 0 spiro atoms. The maximum Gasteiger partial charge on any atom is 0.260 e. The Hall–Kier alpha value is -1.84. The van der Waals surface area contributed by atoms with Crippen LogP contribution < -0.4 is 5.32 Å². The average molecular weight is 229 g/mol. The fourth-order valence-corrected chi connectivity index (χ4v) is 1.81. The molecule has 17 heavy (non-hydrogen) atoms. The fraction of sp³-hybridized carbons (Fsp3) is 0.385. The van der Waals surface area contributed by atoms with Crippen molar-refractivity contribution in [3.05, 3.63) is 30.1 Å². The lowest BCUT2D eigenvalue weighted by Crippen LogP contribution is -2.04. The Labute approximate surface area is 100 Å². The lowest BCUT2D eigenvalue weighted by Gasteiger charge is -2.08. The molecule has 1 aromatic heterocycles. The van der Waals surface area contributed by atoms with Crippen LogP contribution in [0.5, 0.6) is 0 Å². The Morgan fingerprint density at radius 3 is 2.88 bits per heavy atom. The predicted molar refractivity (Wildman–Crippen MR) is 65.7 cm³/mol. The highest BCUT2D eigenvalue weighted by molar-refractivity contribution is 5.72. The Morgan fingerprint density at radius 1 is 1.35 bits per heavy atom. The van der Waals surface area contributed by atoms with Gasteiger partial charge in [0.1, 0.15) is 0 Å². The van der Waals surface area contributed by atoms with Gasteiger partial charge in [-0.2, -0.15) is 4.98 Å².